The maximum Gasteiger partial charge on any atom is 0.224 e. The molecular formula is C24H40N2O2. The molecule has 1 aromatic carbocycles. The SMILES string of the molecule is CC(C)(C)C[C@@H](Cc1ccccc1)C(=O)N[C@@H](CCCCN)C(=O)C(C)(C)C. The van der Waals surface area contributed by atoms with Crippen LogP contribution in [0.2, 0.25) is 0 Å². The smallest absolute Gasteiger partial charge is 0.224 e. The summed E-state index contributed by atoms with van der Waals surface area (Å²) in [4.78, 5) is 26.1. The van der Waals surface area contributed by atoms with Crippen LogP contribution in [0.15, 0.2) is 30.3 Å². The average Bonchev–Trinajstić information content (AvgIpc) is 2.58. The summed E-state index contributed by atoms with van der Waals surface area (Å²) in [5, 5.41) is 3.10. The molecule has 0 heterocycles. The molecule has 0 aliphatic heterocycles. The molecule has 0 saturated carbocycles. The third-order valence-electron chi connectivity index (χ3n) is 4.87. The normalized spacial score (nSPS) is 14.4. The zero-order valence-electron chi connectivity index (χ0n) is 18.7. The van der Waals surface area contributed by atoms with E-state index in [4.69, 9.17) is 5.73 Å². The lowest BCUT2D eigenvalue weighted by molar-refractivity contribution is -0.134. The Morgan fingerprint density at radius 1 is 1.00 bits per heavy atom. The molecule has 3 N–H and O–H groups in total. The maximum absolute atomic E-state index is 13.2. The molecule has 158 valence electrons. The van der Waals surface area contributed by atoms with E-state index in [1.54, 1.807) is 0 Å². The Morgan fingerprint density at radius 3 is 2.11 bits per heavy atom. The predicted molar refractivity (Wildman–Crippen MR) is 117 cm³/mol. The van der Waals surface area contributed by atoms with Gasteiger partial charge in [0.2, 0.25) is 5.91 Å². The van der Waals surface area contributed by atoms with Gasteiger partial charge in [-0.3, -0.25) is 9.59 Å². The number of ketones is 1. The summed E-state index contributed by atoms with van der Waals surface area (Å²) in [5.74, 6) is -0.0894. The van der Waals surface area contributed by atoms with Gasteiger partial charge in [0, 0.05) is 11.3 Å². The van der Waals surface area contributed by atoms with Crippen molar-refractivity contribution in [2.75, 3.05) is 6.54 Å². The minimum atomic E-state index is -0.486. The molecule has 0 unspecified atom stereocenters. The van der Waals surface area contributed by atoms with Crippen molar-refractivity contribution in [3.63, 3.8) is 0 Å². The summed E-state index contributed by atoms with van der Waals surface area (Å²) in [6.45, 7) is 12.8. The van der Waals surface area contributed by atoms with E-state index < -0.39 is 11.5 Å². The highest BCUT2D eigenvalue weighted by Gasteiger charge is 2.33. The molecule has 0 bridgehead atoms. The number of carbonyl (C=O) groups excluding carboxylic acids is 2. The van der Waals surface area contributed by atoms with E-state index in [-0.39, 0.29) is 23.0 Å². The highest BCUT2D eigenvalue weighted by Crippen LogP contribution is 2.28. The molecule has 0 aliphatic rings. The first-order chi connectivity index (χ1) is 12.9. The fourth-order valence-electron chi connectivity index (χ4n) is 3.47. The lowest BCUT2D eigenvalue weighted by Gasteiger charge is -2.30. The lowest BCUT2D eigenvalue weighted by Crippen LogP contribution is -2.48. The molecule has 1 amide bonds. The number of amides is 1. The van der Waals surface area contributed by atoms with Crippen LogP contribution in [0, 0.1) is 16.7 Å². The summed E-state index contributed by atoms with van der Waals surface area (Å²) < 4.78 is 0. The maximum atomic E-state index is 13.2. The highest BCUT2D eigenvalue weighted by molar-refractivity contribution is 5.92. The van der Waals surface area contributed by atoms with Gasteiger partial charge in [-0.1, -0.05) is 71.9 Å². The molecule has 1 aromatic rings. The van der Waals surface area contributed by atoms with Crippen LogP contribution in [0.3, 0.4) is 0 Å². The van der Waals surface area contributed by atoms with Crippen molar-refractivity contribution in [1.82, 2.24) is 5.32 Å². The first-order valence-electron chi connectivity index (χ1n) is 10.5. The first-order valence-corrected chi connectivity index (χ1v) is 10.5. The third-order valence-corrected chi connectivity index (χ3v) is 4.87. The van der Waals surface area contributed by atoms with E-state index in [1.807, 2.05) is 39.0 Å². The van der Waals surface area contributed by atoms with Crippen LogP contribution in [0.4, 0.5) is 0 Å². The van der Waals surface area contributed by atoms with Crippen LogP contribution in [-0.4, -0.2) is 24.3 Å². The van der Waals surface area contributed by atoms with Crippen LogP contribution in [0.25, 0.3) is 0 Å². The molecular weight excluding hydrogens is 348 g/mol. The first kappa shape index (κ1) is 24.4. The second kappa shape index (κ2) is 10.8. The van der Waals surface area contributed by atoms with Crippen LogP contribution in [0.5, 0.6) is 0 Å². The fourth-order valence-corrected chi connectivity index (χ4v) is 3.47. The summed E-state index contributed by atoms with van der Waals surface area (Å²) in [6.07, 6.45) is 3.80. The van der Waals surface area contributed by atoms with Gasteiger partial charge in [0.1, 0.15) is 0 Å². The summed E-state index contributed by atoms with van der Waals surface area (Å²) in [7, 11) is 0. The second-order valence-corrected chi connectivity index (χ2v) is 10.1. The molecule has 28 heavy (non-hydrogen) atoms. The van der Waals surface area contributed by atoms with E-state index in [2.05, 4.69) is 38.2 Å². The van der Waals surface area contributed by atoms with Gasteiger partial charge in [-0.05, 0) is 49.6 Å². The van der Waals surface area contributed by atoms with Gasteiger partial charge >= 0.3 is 0 Å². The largest absolute Gasteiger partial charge is 0.346 e. The Bertz CT molecular complexity index is 612. The van der Waals surface area contributed by atoms with E-state index in [0.717, 1.165) is 24.8 Å². The standard InChI is InChI=1S/C24H40N2O2/c1-23(2,3)17-19(16-18-12-8-7-9-13-18)22(28)26-20(14-10-11-15-25)21(27)24(4,5)6/h7-9,12-13,19-20H,10-11,14-17,25H2,1-6H3,(H,26,28)/t19-,20+/m1/s1. The van der Waals surface area contributed by atoms with Gasteiger partial charge < -0.3 is 11.1 Å². The Kier molecular flexibility index (Phi) is 9.35. The number of nitrogens with two attached hydrogens (primary N) is 1. The molecule has 1 rings (SSSR count). The number of carbonyl (C=O) groups is 2. The van der Waals surface area contributed by atoms with Crippen LogP contribution >= 0.6 is 0 Å². The molecule has 0 spiro atoms. The van der Waals surface area contributed by atoms with E-state index >= 15 is 0 Å². The number of nitrogens with one attached hydrogen (secondary N) is 1. The van der Waals surface area contributed by atoms with Gasteiger partial charge in [-0.15, -0.1) is 0 Å². The molecule has 4 nitrogen and oxygen atoms in total. The molecule has 4 heteroatoms. The van der Waals surface area contributed by atoms with E-state index in [1.165, 1.54) is 0 Å². The number of Topliss-reactive ketones (excluding diaryl/α,β-unsaturated/α-hetero) is 1. The molecule has 0 saturated heterocycles. The summed E-state index contributed by atoms with van der Waals surface area (Å²) in [6, 6.07) is 9.65. The third kappa shape index (κ3) is 9.01. The van der Waals surface area contributed by atoms with Crippen LogP contribution < -0.4 is 11.1 Å². The molecule has 0 aromatic heterocycles. The molecule has 2 atom stereocenters. The van der Waals surface area contributed by atoms with Gasteiger partial charge in [0.15, 0.2) is 5.78 Å². The highest BCUT2D eigenvalue weighted by atomic mass is 16.2. The van der Waals surface area contributed by atoms with Crippen molar-refractivity contribution in [2.45, 2.75) is 79.7 Å². The van der Waals surface area contributed by atoms with Crippen LogP contribution in [-0.2, 0) is 16.0 Å². The van der Waals surface area contributed by atoms with Crippen molar-refractivity contribution in [2.24, 2.45) is 22.5 Å². The Labute approximate surface area is 171 Å². The van der Waals surface area contributed by atoms with Crippen molar-refractivity contribution in [1.29, 1.82) is 0 Å². The minimum Gasteiger partial charge on any atom is -0.346 e. The average molecular weight is 389 g/mol. The van der Waals surface area contributed by atoms with Crippen LogP contribution in [0.1, 0.15) is 72.8 Å². The Morgan fingerprint density at radius 2 is 1.61 bits per heavy atom. The number of hydrogen-bond acceptors (Lipinski definition) is 3. The van der Waals surface area contributed by atoms with Gasteiger partial charge in [0.05, 0.1) is 6.04 Å². The van der Waals surface area contributed by atoms with Crippen molar-refractivity contribution in [3.8, 4) is 0 Å². The Hall–Kier alpha value is -1.68. The lowest BCUT2D eigenvalue weighted by atomic mass is 9.80. The Balaban J connectivity index is 2.97. The van der Waals surface area contributed by atoms with Gasteiger partial charge in [-0.25, -0.2) is 0 Å². The fraction of sp³-hybridized carbons (Fsp3) is 0.667. The summed E-state index contributed by atoms with van der Waals surface area (Å²) >= 11 is 0. The van der Waals surface area contributed by atoms with E-state index in [0.29, 0.717) is 19.4 Å². The topological polar surface area (TPSA) is 72.2 Å². The number of unbranched alkanes of at least 4 members (excludes halogenated alkanes) is 1. The van der Waals surface area contributed by atoms with Gasteiger partial charge in [-0.2, -0.15) is 0 Å². The summed E-state index contributed by atoms with van der Waals surface area (Å²) in [5.41, 5.74) is 6.30. The molecule has 0 fully saturated rings. The van der Waals surface area contributed by atoms with Gasteiger partial charge in [0.25, 0.3) is 0 Å². The number of hydrogen-bond donors (Lipinski definition) is 2. The zero-order valence-corrected chi connectivity index (χ0v) is 18.7. The second-order valence-electron chi connectivity index (χ2n) is 10.1. The zero-order chi connectivity index (χ0) is 21.4. The van der Waals surface area contributed by atoms with Crippen molar-refractivity contribution >= 4 is 11.7 Å². The monoisotopic (exact) mass is 388 g/mol. The predicted octanol–water partition coefficient (Wildman–Crippen LogP) is 4.51. The number of benzene rings is 1. The number of rotatable bonds is 10. The van der Waals surface area contributed by atoms with E-state index in [9.17, 15) is 9.59 Å². The minimum absolute atomic E-state index is 0.0193. The molecule has 0 radical (unpaired) electrons. The van der Waals surface area contributed by atoms with Crippen molar-refractivity contribution in [3.05, 3.63) is 35.9 Å². The van der Waals surface area contributed by atoms with Crippen molar-refractivity contribution < 1.29 is 9.59 Å². The quantitative estimate of drug-likeness (QED) is 0.579. The molecule has 0 aliphatic carbocycles.